The summed E-state index contributed by atoms with van der Waals surface area (Å²) in [6.45, 7) is 4.22. The fraction of sp³-hybridized carbons (Fsp3) is 0.385. The second-order valence-corrected chi connectivity index (χ2v) is 5.56. The molecule has 1 atom stereocenters. The number of nitrogen functional groups attached to an aromatic ring is 1. The van der Waals surface area contributed by atoms with Crippen LogP contribution in [0.1, 0.15) is 32.0 Å². The van der Waals surface area contributed by atoms with Crippen molar-refractivity contribution in [2.75, 3.05) is 5.73 Å². The number of hydrogen-bond donors (Lipinski definition) is 1. The zero-order valence-electron chi connectivity index (χ0n) is 10.6. The van der Waals surface area contributed by atoms with Gasteiger partial charge in [-0.25, -0.2) is 8.78 Å². The van der Waals surface area contributed by atoms with Gasteiger partial charge in [-0.3, -0.25) is 0 Å². The SMILES string of the molecule is CC1(C)CC1c1noc(-c2cc(F)c(F)cc2N)n1. The van der Waals surface area contributed by atoms with Gasteiger partial charge in [-0.1, -0.05) is 19.0 Å². The zero-order chi connectivity index (χ0) is 13.8. The van der Waals surface area contributed by atoms with Crippen molar-refractivity contribution in [2.24, 2.45) is 5.41 Å². The molecule has 0 spiro atoms. The van der Waals surface area contributed by atoms with Gasteiger partial charge in [-0.05, 0) is 17.9 Å². The second kappa shape index (κ2) is 3.76. The first-order valence-electron chi connectivity index (χ1n) is 5.97. The normalized spacial score (nSPS) is 20.5. The van der Waals surface area contributed by atoms with Crippen molar-refractivity contribution in [1.29, 1.82) is 0 Å². The number of nitrogens with two attached hydrogens (primary N) is 1. The molecule has 1 aromatic carbocycles. The minimum absolute atomic E-state index is 0.0733. The van der Waals surface area contributed by atoms with Gasteiger partial charge in [0, 0.05) is 17.7 Å². The maximum atomic E-state index is 13.2. The van der Waals surface area contributed by atoms with Crippen molar-refractivity contribution in [3.63, 3.8) is 0 Å². The Morgan fingerprint density at radius 3 is 2.58 bits per heavy atom. The summed E-state index contributed by atoms with van der Waals surface area (Å²) in [7, 11) is 0. The lowest BCUT2D eigenvalue weighted by Gasteiger charge is -2.01. The van der Waals surface area contributed by atoms with Crippen LogP contribution in [0, 0.1) is 17.0 Å². The number of anilines is 1. The van der Waals surface area contributed by atoms with E-state index in [1.165, 1.54) is 0 Å². The first kappa shape index (κ1) is 12.1. The van der Waals surface area contributed by atoms with Crippen molar-refractivity contribution in [3.05, 3.63) is 29.6 Å². The number of aromatic nitrogens is 2. The zero-order valence-corrected chi connectivity index (χ0v) is 10.6. The molecule has 100 valence electrons. The number of rotatable bonds is 2. The van der Waals surface area contributed by atoms with Crippen LogP contribution in [0.5, 0.6) is 0 Å². The summed E-state index contributed by atoms with van der Waals surface area (Å²) < 4.78 is 31.3. The quantitative estimate of drug-likeness (QED) is 0.847. The molecular weight excluding hydrogens is 252 g/mol. The summed E-state index contributed by atoms with van der Waals surface area (Å²) in [5.74, 6) is -1.03. The number of halogens is 2. The van der Waals surface area contributed by atoms with Gasteiger partial charge in [-0.15, -0.1) is 0 Å². The fourth-order valence-corrected chi connectivity index (χ4v) is 2.14. The van der Waals surface area contributed by atoms with E-state index in [4.69, 9.17) is 10.3 Å². The molecule has 0 amide bonds. The molecule has 4 nitrogen and oxygen atoms in total. The van der Waals surface area contributed by atoms with Crippen molar-refractivity contribution in [1.82, 2.24) is 10.1 Å². The van der Waals surface area contributed by atoms with Gasteiger partial charge in [0.05, 0.1) is 5.56 Å². The molecule has 3 rings (SSSR count). The predicted octanol–water partition coefficient (Wildman–Crippen LogP) is 3.11. The second-order valence-electron chi connectivity index (χ2n) is 5.56. The Balaban J connectivity index is 1.97. The van der Waals surface area contributed by atoms with E-state index in [1.807, 2.05) is 0 Å². The molecule has 0 radical (unpaired) electrons. The maximum absolute atomic E-state index is 13.2. The Hall–Kier alpha value is -1.98. The number of benzene rings is 1. The summed E-state index contributed by atoms with van der Waals surface area (Å²) in [4.78, 5) is 4.22. The number of hydrogen-bond acceptors (Lipinski definition) is 4. The molecule has 2 aromatic rings. The van der Waals surface area contributed by atoms with Crippen LogP contribution in [0.2, 0.25) is 0 Å². The van der Waals surface area contributed by atoms with Crippen LogP contribution in [0.4, 0.5) is 14.5 Å². The molecule has 1 saturated carbocycles. The molecule has 1 aromatic heterocycles. The van der Waals surface area contributed by atoms with Crippen LogP contribution >= 0.6 is 0 Å². The highest BCUT2D eigenvalue weighted by molar-refractivity contribution is 5.70. The van der Waals surface area contributed by atoms with E-state index in [0.717, 1.165) is 18.6 Å². The van der Waals surface area contributed by atoms with Crippen molar-refractivity contribution >= 4 is 5.69 Å². The summed E-state index contributed by atoms with van der Waals surface area (Å²) >= 11 is 0. The average molecular weight is 265 g/mol. The molecule has 0 bridgehead atoms. The number of nitrogens with zero attached hydrogens (tertiary/aromatic N) is 2. The van der Waals surface area contributed by atoms with Gasteiger partial charge in [0.1, 0.15) is 0 Å². The highest BCUT2D eigenvalue weighted by atomic mass is 19.2. The van der Waals surface area contributed by atoms with E-state index in [2.05, 4.69) is 24.0 Å². The van der Waals surface area contributed by atoms with Crippen molar-refractivity contribution in [2.45, 2.75) is 26.2 Å². The van der Waals surface area contributed by atoms with Gasteiger partial charge in [0.2, 0.25) is 0 Å². The van der Waals surface area contributed by atoms with Crippen LogP contribution in [-0.4, -0.2) is 10.1 Å². The largest absolute Gasteiger partial charge is 0.398 e. The monoisotopic (exact) mass is 265 g/mol. The highest BCUT2D eigenvalue weighted by Gasteiger charge is 2.49. The molecule has 0 aliphatic heterocycles. The third-order valence-corrected chi connectivity index (χ3v) is 3.59. The fourth-order valence-electron chi connectivity index (χ4n) is 2.14. The van der Waals surface area contributed by atoms with E-state index in [9.17, 15) is 8.78 Å². The minimum atomic E-state index is -0.996. The Kier molecular flexibility index (Phi) is 2.39. The smallest absolute Gasteiger partial charge is 0.260 e. The molecule has 1 aliphatic carbocycles. The lowest BCUT2D eigenvalue weighted by atomic mass is 10.1. The van der Waals surface area contributed by atoms with E-state index in [0.29, 0.717) is 5.82 Å². The maximum Gasteiger partial charge on any atom is 0.260 e. The van der Waals surface area contributed by atoms with Gasteiger partial charge in [0.15, 0.2) is 17.5 Å². The van der Waals surface area contributed by atoms with E-state index < -0.39 is 11.6 Å². The lowest BCUT2D eigenvalue weighted by molar-refractivity contribution is 0.419. The Labute approximate surface area is 108 Å². The van der Waals surface area contributed by atoms with E-state index in [1.54, 1.807) is 0 Å². The van der Waals surface area contributed by atoms with E-state index >= 15 is 0 Å². The van der Waals surface area contributed by atoms with Gasteiger partial charge in [-0.2, -0.15) is 4.98 Å². The molecule has 1 aliphatic rings. The summed E-state index contributed by atoms with van der Waals surface area (Å²) in [6, 6.07) is 1.88. The first-order chi connectivity index (χ1) is 8.88. The third-order valence-electron chi connectivity index (χ3n) is 3.59. The summed E-state index contributed by atoms with van der Waals surface area (Å²) in [5.41, 5.74) is 6.10. The minimum Gasteiger partial charge on any atom is -0.398 e. The van der Waals surface area contributed by atoms with Gasteiger partial charge < -0.3 is 10.3 Å². The first-order valence-corrected chi connectivity index (χ1v) is 5.97. The Bertz CT molecular complexity index is 651. The molecule has 6 heteroatoms. The Morgan fingerprint density at radius 2 is 1.95 bits per heavy atom. The summed E-state index contributed by atoms with van der Waals surface area (Å²) in [5, 5.41) is 3.89. The molecular formula is C13H13F2N3O. The van der Waals surface area contributed by atoms with Crippen LogP contribution in [0.15, 0.2) is 16.7 Å². The molecule has 19 heavy (non-hydrogen) atoms. The van der Waals surface area contributed by atoms with Crippen LogP contribution in [0.3, 0.4) is 0 Å². The Morgan fingerprint density at radius 1 is 1.32 bits per heavy atom. The molecule has 1 unspecified atom stereocenters. The van der Waals surface area contributed by atoms with Crippen LogP contribution < -0.4 is 5.73 Å². The van der Waals surface area contributed by atoms with E-state index in [-0.39, 0.29) is 28.5 Å². The molecule has 2 N–H and O–H groups in total. The van der Waals surface area contributed by atoms with Crippen LogP contribution in [0.25, 0.3) is 11.5 Å². The standard InChI is InChI=1S/C13H13F2N3O/c1-13(2)5-7(13)11-17-12(19-18-11)6-3-8(14)9(15)4-10(6)16/h3-4,7H,5,16H2,1-2H3. The lowest BCUT2D eigenvalue weighted by Crippen LogP contribution is -1.95. The molecule has 1 fully saturated rings. The predicted molar refractivity (Wildman–Crippen MR) is 65.2 cm³/mol. The van der Waals surface area contributed by atoms with Crippen molar-refractivity contribution < 1.29 is 13.3 Å². The third kappa shape index (κ3) is 1.97. The molecule has 1 heterocycles. The average Bonchev–Trinajstić information content (AvgIpc) is 2.76. The summed E-state index contributed by atoms with van der Waals surface area (Å²) in [6.07, 6.45) is 0.985. The topological polar surface area (TPSA) is 64.9 Å². The highest BCUT2D eigenvalue weighted by Crippen LogP contribution is 2.57. The van der Waals surface area contributed by atoms with Crippen LogP contribution in [-0.2, 0) is 0 Å². The van der Waals surface area contributed by atoms with Gasteiger partial charge in [0.25, 0.3) is 5.89 Å². The molecule has 0 saturated heterocycles. The van der Waals surface area contributed by atoms with Gasteiger partial charge >= 0.3 is 0 Å². The van der Waals surface area contributed by atoms with Crippen molar-refractivity contribution in [3.8, 4) is 11.5 Å².